The van der Waals surface area contributed by atoms with Crippen molar-refractivity contribution in [3.8, 4) is 0 Å². The van der Waals surface area contributed by atoms with Crippen molar-refractivity contribution in [2.75, 3.05) is 44.2 Å². The summed E-state index contributed by atoms with van der Waals surface area (Å²) in [5.41, 5.74) is 2.16. The summed E-state index contributed by atoms with van der Waals surface area (Å²) in [4.78, 5) is 22.8. The van der Waals surface area contributed by atoms with Gasteiger partial charge in [0.2, 0.25) is 5.91 Å². The fraction of sp³-hybridized carbons (Fsp3) is 0.520. The van der Waals surface area contributed by atoms with Crippen LogP contribution in [0.1, 0.15) is 39.2 Å². The first-order valence-corrected chi connectivity index (χ1v) is 15.9. The molecule has 1 aliphatic rings. The Morgan fingerprint density at radius 3 is 2.42 bits per heavy atom. The summed E-state index contributed by atoms with van der Waals surface area (Å²) in [5, 5.41) is 0.721. The van der Waals surface area contributed by atoms with E-state index in [4.69, 9.17) is 16.6 Å². The van der Waals surface area contributed by atoms with Crippen molar-refractivity contribution in [1.82, 2.24) is 14.2 Å². The van der Waals surface area contributed by atoms with Gasteiger partial charge in [0, 0.05) is 32.1 Å². The first-order valence-electron chi connectivity index (χ1n) is 12.5. The summed E-state index contributed by atoms with van der Waals surface area (Å²) in [6.45, 7) is 10.2. The number of carbonyl (C=O) groups is 1. The number of amides is 1. The second kappa shape index (κ2) is 11.9. The maximum absolute atomic E-state index is 13.8. The second-order valence-electron chi connectivity index (χ2n) is 8.91. The average Bonchev–Trinajstić information content (AvgIpc) is 3.52. The van der Waals surface area contributed by atoms with Gasteiger partial charge in [0.1, 0.15) is 4.21 Å². The van der Waals surface area contributed by atoms with Gasteiger partial charge in [0.15, 0.2) is 5.13 Å². The maximum atomic E-state index is 13.8. The molecule has 1 saturated heterocycles. The number of likely N-dealkylation sites (N-methyl/N-ethyl adjacent to an activating group) is 1. The Hall–Kier alpha value is -1.56. The number of aromatic nitrogens is 1. The molecule has 1 aliphatic heterocycles. The quantitative estimate of drug-likeness (QED) is 0.330. The predicted octanol–water partition coefficient (Wildman–Crippen LogP) is 5.35. The molecule has 3 aromatic rings. The van der Waals surface area contributed by atoms with Gasteiger partial charge in [0.05, 0.1) is 14.6 Å². The molecule has 1 aromatic carbocycles. The second-order valence-corrected chi connectivity index (χ2v) is 13.8. The Morgan fingerprint density at radius 1 is 1.08 bits per heavy atom. The fourth-order valence-corrected chi connectivity index (χ4v) is 8.67. The summed E-state index contributed by atoms with van der Waals surface area (Å²) in [5.74, 6) is -0.202. The number of anilines is 1. The molecule has 0 bridgehead atoms. The van der Waals surface area contributed by atoms with E-state index in [0.717, 1.165) is 52.7 Å². The van der Waals surface area contributed by atoms with Gasteiger partial charge in [-0.25, -0.2) is 13.4 Å². The lowest BCUT2D eigenvalue weighted by Gasteiger charge is -2.33. The summed E-state index contributed by atoms with van der Waals surface area (Å²) in [6, 6.07) is 9.42. The molecule has 0 aliphatic carbocycles. The van der Waals surface area contributed by atoms with Crippen LogP contribution in [0.4, 0.5) is 5.13 Å². The Labute approximate surface area is 226 Å². The highest BCUT2D eigenvalue weighted by atomic mass is 35.5. The lowest BCUT2D eigenvalue weighted by Crippen LogP contribution is -2.46. The van der Waals surface area contributed by atoms with Crippen LogP contribution in [0.15, 0.2) is 34.5 Å². The van der Waals surface area contributed by atoms with Crippen LogP contribution in [0.5, 0.6) is 0 Å². The normalized spacial score (nSPS) is 15.7. The summed E-state index contributed by atoms with van der Waals surface area (Å²) in [6.07, 6.45) is 1.93. The number of fused-ring (bicyclic) bond motifs is 1. The molecule has 7 nitrogen and oxygen atoms in total. The zero-order valence-corrected chi connectivity index (χ0v) is 24.1. The van der Waals surface area contributed by atoms with Gasteiger partial charge < -0.3 is 4.90 Å². The molecule has 1 amide bonds. The van der Waals surface area contributed by atoms with E-state index in [1.807, 2.05) is 11.0 Å². The third kappa shape index (κ3) is 5.95. The van der Waals surface area contributed by atoms with Gasteiger partial charge in [-0.1, -0.05) is 49.8 Å². The molecule has 0 atom stereocenters. The Morgan fingerprint density at radius 2 is 1.81 bits per heavy atom. The number of thiazole rings is 1. The molecule has 196 valence electrons. The molecular formula is C25H33ClN4O3S3. The van der Waals surface area contributed by atoms with Crippen molar-refractivity contribution in [2.45, 2.75) is 44.2 Å². The molecule has 0 saturated carbocycles. The van der Waals surface area contributed by atoms with Crippen molar-refractivity contribution < 1.29 is 13.2 Å². The Kier molecular flexibility index (Phi) is 9.06. The van der Waals surface area contributed by atoms with Crippen LogP contribution in [0.25, 0.3) is 10.2 Å². The highest BCUT2D eigenvalue weighted by Crippen LogP contribution is 2.34. The van der Waals surface area contributed by atoms with Crippen molar-refractivity contribution in [3.63, 3.8) is 0 Å². The summed E-state index contributed by atoms with van der Waals surface area (Å²) in [7, 11) is -3.59. The minimum atomic E-state index is -3.59. The molecular weight excluding hydrogens is 536 g/mol. The summed E-state index contributed by atoms with van der Waals surface area (Å²) < 4.78 is 29.2. The molecule has 4 rings (SSSR count). The number of piperidine rings is 1. The SMILES string of the molecule is CCc1ccc2nc(N(CCN(CC)CC)C(=O)C3CCN(S(=O)(=O)c4ccc(Cl)s4)CC3)sc2c1. The van der Waals surface area contributed by atoms with Crippen molar-refractivity contribution >= 4 is 65.6 Å². The van der Waals surface area contributed by atoms with Crippen molar-refractivity contribution in [2.24, 2.45) is 5.92 Å². The number of halogens is 1. The number of aryl methyl sites for hydroxylation is 1. The molecule has 11 heteroatoms. The van der Waals surface area contributed by atoms with E-state index >= 15 is 0 Å². The largest absolute Gasteiger partial charge is 0.302 e. The molecule has 1 fully saturated rings. The minimum absolute atomic E-state index is 0.0353. The molecule has 2 aromatic heterocycles. The van der Waals surface area contributed by atoms with Crippen molar-refractivity contribution in [3.05, 3.63) is 40.2 Å². The Bertz CT molecular complexity index is 1290. The number of carbonyl (C=O) groups excluding carboxylic acids is 1. The van der Waals surface area contributed by atoms with Crippen LogP contribution < -0.4 is 4.90 Å². The number of sulfonamides is 1. The zero-order valence-electron chi connectivity index (χ0n) is 20.9. The fourth-order valence-electron chi connectivity index (χ4n) is 4.50. The van der Waals surface area contributed by atoms with E-state index < -0.39 is 10.0 Å². The van der Waals surface area contributed by atoms with E-state index in [9.17, 15) is 13.2 Å². The van der Waals surface area contributed by atoms with E-state index in [1.54, 1.807) is 23.5 Å². The standard InChI is InChI=1S/C25H33ClN4O3S3/c1-4-18-7-8-20-21(17-18)34-25(27-20)30(16-15-28(5-2)6-3)24(31)19-11-13-29(14-12-19)36(32,33)23-10-9-22(26)35-23/h7-10,17,19H,4-6,11-16H2,1-3H3. The van der Waals surface area contributed by atoms with Crippen LogP contribution in [0.2, 0.25) is 4.34 Å². The maximum Gasteiger partial charge on any atom is 0.252 e. The van der Waals surface area contributed by atoms with Crippen molar-refractivity contribution in [1.29, 1.82) is 0 Å². The highest BCUT2D eigenvalue weighted by Gasteiger charge is 2.35. The molecule has 3 heterocycles. The highest BCUT2D eigenvalue weighted by molar-refractivity contribution is 7.91. The monoisotopic (exact) mass is 568 g/mol. The smallest absolute Gasteiger partial charge is 0.252 e. The summed E-state index contributed by atoms with van der Waals surface area (Å²) >= 11 is 8.58. The first kappa shape index (κ1) is 27.5. The Balaban J connectivity index is 1.52. The van der Waals surface area contributed by atoms with E-state index in [2.05, 4.69) is 37.8 Å². The van der Waals surface area contributed by atoms with Crippen LogP contribution in [0.3, 0.4) is 0 Å². The lowest BCUT2D eigenvalue weighted by atomic mass is 9.96. The van der Waals surface area contributed by atoms with Crippen LogP contribution in [-0.4, -0.2) is 67.8 Å². The van der Waals surface area contributed by atoms with Gasteiger partial charge in [-0.15, -0.1) is 11.3 Å². The third-order valence-electron chi connectivity index (χ3n) is 6.83. The van der Waals surface area contributed by atoms with E-state index in [-0.39, 0.29) is 16.0 Å². The third-order valence-corrected chi connectivity index (χ3v) is 11.5. The van der Waals surface area contributed by atoms with Crippen LogP contribution in [0, 0.1) is 5.92 Å². The van der Waals surface area contributed by atoms with Gasteiger partial charge in [0.25, 0.3) is 10.0 Å². The molecule has 0 spiro atoms. The molecule has 0 unspecified atom stereocenters. The number of thiophene rings is 1. The molecule has 36 heavy (non-hydrogen) atoms. The minimum Gasteiger partial charge on any atom is -0.302 e. The van der Waals surface area contributed by atoms with Gasteiger partial charge in [-0.05, 0) is 62.2 Å². The van der Waals surface area contributed by atoms with Gasteiger partial charge in [-0.2, -0.15) is 4.31 Å². The first-order chi connectivity index (χ1) is 17.3. The number of benzene rings is 1. The van der Waals surface area contributed by atoms with Gasteiger partial charge >= 0.3 is 0 Å². The molecule has 0 N–H and O–H groups in total. The van der Waals surface area contributed by atoms with Crippen LogP contribution >= 0.6 is 34.3 Å². The predicted molar refractivity (Wildman–Crippen MR) is 150 cm³/mol. The van der Waals surface area contributed by atoms with Gasteiger partial charge in [-0.3, -0.25) is 9.69 Å². The van der Waals surface area contributed by atoms with Crippen LogP contribution in [-0.2, 0) is 21.2 Å². The lowest BCUT2D eigenvalue weighted by molar-refractivity contribution is -0.123. The van der Waals surface area contributed by atoms with E-state index in [0.29, 0.717) is 36.8 Å². The average molecular weight is 569 g/mol. The molecule has 0 radical (unpaired) electrons. The van der Waals surface area contributed by atoms with E-state index in [1.165, 1.54) is 9.87 Å². The number of hydrogen-bond donors (Lipinski definition) is 0. The number of hydrogen-bond acceptors (Lipinski definition) is 7. The zero-order chi connectivity index (χ0) is 25.9. The number of nitrogens with zero attached hydrogens (tertiary/aromatic N) is 4. The topological polar surface area (TPSA) is 73.8 Å². The number of rotatable bonds is 10.